The van der Waals surface area contributed by atoms with Crippen molar-refractivity contribution in [2.75, 3.05) is 7.11 Å². The number of cyclic esters (lactones) is 1. The number of nitrogens with zero attached hydrogens (tertiary/aromatic N) is 1. The predicted octanol–water partition coefficient (Wildman–Crippen LogP) is 1.89. The molecule has 4 rings (SSSR count). The van der Waals surface area contributed by atoms with Crippen LogP contribution in [0.25, 0.3) is 0 Å². The molecule has 1 unspecified atom stereocenters. The molecule has 1 atom stereocenters. The minimum atomic E-state index is -1.27. The summed E-state index contributed by atoms with van der Waals surface area (Å²) in [5.41, 5.74) is -1.15. The lowest BCUT2D eigenvalue weighted by atomic mass is 9.71. The number of hydrogen-bond donors (Lipinski definition) is 1. The Morgan fingerprint density at radius 1 is 1.21 bits per heavy atom. The normalized spacial score (nSPS) is 21.8. The number of rotatable bonds is 5. The highest BCUT2D eigenvalue weighted by Crippen LogP contribution is 2.37. The SMILES string of the molecule is BC1(N2Cc3c(OCc4cc(OC)ccc4F)cccc3C2=O)CCC(=O)OC(C)(C)NC1=O. The first kappa shape index (κ1) is 23.6. The maximum absolute atomic E-state index is 14.2. The fourth-order valence-corrected chi connectivity index (χ4v) is 4.27. The molecule has 2 aliphatic heterocycles. The lowest BCUT2D eigenvalue weighted by Crippen LogP contribution is -2.64. The fraction of sp³-hybridized carbons (Fsp3) is 0.375. The summed E-state index contributed by atoms with van der Waals surface area (Å²) in [6, 6.07) is 9.43. The van der Waals surface area contributed by atoms with E-state index in [-0.39, 0.29) is 31.9 Å². The molecule has 2 aromatic carbocycles. The van der Waals surface area contributed by atoms with Crippen LogP contribution in [0.1, 0.15) is 48.2 Å². The first-order chi connectivity index (χ1) is 16.0. The summed E-state index contributed by atoms with van der Waals surface area (Å²) in [5.74, 6) is -0.706. The van der Waals surface area contributed by atoms with Crippen molar-refractivity contribution in [3.8, 4) is 11.5 Å². The molecule has 0 radical (unpaired) electrons. The molecule has 0 bridgehead atoms. The Morgan fingerprint density at radius 3 is 2.71 bits per heavy atom. The molecular formula is C24H26BFN2O6. The van der Waals surface area contributed by atoms with Gasteiger partial charge in [-0.15, -0.1) is 0 Å². The smallest absolute Gasteiger partial charge is 0.307 e. The Labute approximate surface area is 197 Å². The van der Waals surface area contributed by atoms with Crippen molar-refractivity contribution < 1.29 is 33.0 Å². The molecule has 0 spiro atoms. The number of halogens is 1. The molecule has 34 heavy (non-hydrogen) atoms. The third-order valence-corrected chi connectivity index (χ3v) is 6.25. The molecule has 0 aliphatic carbocycles. The van der Waals surface area contributed by atoms with E-state index in [9.17, 15) is 18.8 Å². The molecule has 2 amide bonds. The van der Waals surface area contributed by atoms with Crippen molar-refractivity contribution in [3.05, 3.63) is 58.9 Å². The van der Waals surface area contributed by atoms with Crippen LogP contribution in [0, 0.1) is 5.82 Å². The molecule has 2 heterocycles. The Bertz CT molecular complexity index is 1170. The third-order valence-electron chi connectivity index (χ3n) is 6.25. The van der Waals surface area contributed by atoms with Crippen molar-refractivity contribution in [2.45, 2.75) is 51.0 Å². The zero-order valence-corrected chi connectivity index (χ0v) is 19.6. The highest BCUT2D eigenvalue weighted by Gasteiger charge is 2.49. The van der Waals surface area contributed by atoms with Gasteiger partial charge in [0.15, 0.2) is 5.72 Å². The number of carbonyl (C=O) groups excluding carboxylic acids is 3. The van der Waals surface area contributed by atoms with E-state index in [1.54, 1.807) is 46.0 Å². The number of benzene rings is 2. The molecule has 178 valence electrons. The van der Waals surface area contributed by atoms with E-state index in [0.717, 1.165) is 0 Å². The molecule has 8 nitrogen and oxygen atoms in total. The number of methoxy groups -OCH3 is 1. The molecule has 0 saturated carbocycles. The van der Waals surface area contributed by atoms with Crippen LogP contribution >= 0.6 is 0 Å². The lowest BCUT2D eigenvalue weighted by molar-refractivity contribution is -0.166. The highest BCUT2D eigenvalue weighted by molar-refractivity contribution is 6.30. The van der Waals surface area contributed by atoms with Crippen molar-refractivity contribution >= 4 is 25.6 Å². The minimum absolute atomic E-state index is 0.00799. The molecule has 2 aliphatic rings. The van der Waals surface area contributed by atoms with Crippen molar-refractivity contribution in [2.24, 2.45) is 0 Å². The second-order valence-electron chi connectivity index (χ2n) is 9.13. The van der Waals surface area contributed by atoms with Gasteiger partial charge in [0.2, 0.25) is 5.91 Å². The number of nitrogens with one attached hydrogen (secondary N) is 1. The summed E-state index contributed by atoms with van der Waals surface area (Å²) in [6.45, 7) is 3.22. The van der Waals surface area contributed by atoms with Gasteiger partial charge in [0, 0.05) is 23.1 Å². The molecule has 1 saturated heterocycles. The van der Waals surface area contributed by atoms with Crippen molar-refractivity contribution in [1.82, 2.24) is 10.2 Å². The Kier molecular flexibility index (Phi) is 6.01. The van der Waals surface area contributed by atoms with Crippen LogP contribution in [-0.4, -0.2) is 48.8 Å². The molecular weight excluding hydrogens is 442 g/mol. The van der Waals surface area contributed by atoms with Crippen LogP contribution in [0.4, 0.5) is 4.39 Å². The maximum Gasteiger partial charge on any atom is 0.307 e. The van der Waals surface area contributed by atoms with Gasteiger partial charge in [0.1, 0.15) is 31.8 Å². The summed E-state index contributed by atoms with van der Waals surface area (Å²) in [6.07, 6.45) is 0.102. The zero-order valence-electron chi connectivity index (χ0n) is 19.6. The van der Waals surface area contributed by atoms with Crippen LogP contribution in [0.3, 0.4) is 0 Å². The average molecular weight is 468 g/mol. The Balaban J connectivity index is 1.60. The van der Waals surface area contributed by atoms with Gasteiger partial charge < -0.3 is 24.4 Å². The Hall–Kier alpha value is -3.56. The number of esters is 1. The van der Waals surface area contributed by atoms with E-state index < -0.39 is 28.9 Å². The van der Waals surface area contributed by atoms with E-state index in [1.807, 2.05) is 0 Å². The van der Waals surface area contributed by atoms with Gasteiger partial charge >= 0.3 is 5.97 Å². The topological polar surface area (TPSA) is 94.2 Å². The van der Waals surface area contributed by atoms with Crippen LogP contribution in [0.2, 0.25) is 0 Å². The van der Waals surface area contributed by atoms with Gasteiger partial charge in [-0.3, -0.25) is 14.4 Å². The number of hydrogen-bond acceptors (Lipinski definition) is 6. The summed E-state index contributed by atoms with van der Waals surface area (Å²) in [4.78, 5) is 40.2. The fourth-order valence-electron chi connectivity index (χ4n) is 4.27. The van der Waals surface area contributed by atoms with Gasteiger partial charge in [-0.05, 0) is 50.6 Å². The molecule has 1 N–H and O–H groups in total. The second kappa shape index (κ2) is 8.66. The Morgan fingerprint density at radius 2 is 1.97 bits per heavy atom. The third kappa shape index (κ3) is 4.32. The maximum atomic E-state index is 14.2. The summed E-state index contributed by atoms with van der Waals surface area (Å²) in [7, 11) is 3.14. The summed E-state index contributed by atoms with van der Waals surface area (Å²) >= 11 is 0. The van der Waals surface area contributed by atoms with Gasteiger partial charge in [0.05, 0.1) is 19.1 Å². The monoisotopic (exact) mass is 468 g/mol. The standard InChI is InChI=1S/C24H26BFN2O6/c1-23(2)27-22(31)24(25,10-9-20(29)34-23)28-12-17-16(21(28)30)5-4-6-19(17)33-13-14-11-15(32-3)7-8-18(14)26/h4-8,11H,9-10,12-13,25H2,1-3H3,(H,27,31). The first-order valence-corrected chi connectivity index (χ1v) is 11.0. The lowest BCUT2D eigenvalue weighted by Gasteiger charge is -2.42. The first-order valence-electron chi connectivity index (χ1n) is 11.0. The van der Waals surface area contributed by atoms with E-state index in [1.165, 1.54) is 24.1 Å². The van der Waals surface area contributed by atoms with Gasteiger partial charge in [-0.25, -0.2) is 4.39 Å². The van der Waals surface area contributed by atoms with Crippen molar-refractivity contribution in [1.29, 1.82) is 0 Å². The number of amides is 2. The zero-order chi connectivity index (χ0) is 24.7. The van der Waals surface area contributed by atoms with E-state index >= 15 is 0 Å². The largest absolute Gasteiger partial charge is 0.497 e. The predicted molar refractivity (Wildman–Crippen MR) is 122 cm³/mol. The minimum Gasteiger partial charge on any atom is -0.497 e. The van der Waals surface area contributed by atoms with E-state index in [2.05, 4.69) is 5.32 Å². The van der Waals surface area contributed by atoms with Gasteiger partial charge in [-0.2, -0.15) is 0 Å². The van der Waals surface area contributed by atoms with Crippen LogP contribution in [-0.2, 0) is 27.5 Å². The molecule has 2 aromatic rings. The summed E-state index contributed by atoms with van der Waals surface area (Å²) < 4.78 is 30.6. The van der Waals surface area contributed by atoms with Crippen LogP contribution < -0.4 is 14.8 Å². The second-order valence-corrected chi connectivity index (χ2v) is 9.13. The number of carbonyl (C=O) groups is 3. The van der Waals surface area contributed by atoms with Gasteiger partial charge in [-0.1, -0.05) is 6.07 Å². The molecule has 1 fully saturated rings. The molecule has 10 heteroatoms. The number of fused-ring (bicyclic) bond motifs is 1. The number of ether oxygens (including phenoxy) is 3. The molecule has 0 aromatic heterocycles. The van der Waals surface area contributed by atoms with Crippen LogP contribution in [0.5, 0.6) is 11.5 Å². The highest BCUT2D eigenvalue weighted by atomic mass is 19.1. The van der Waals surface area contributed by atoms with Crippen LogP contribution in [0.15, 0.2) is 36.4 Å². The van der Waals surface area contributed by atoms with E-state index in [4.69, 9.17) is 14.2 Å². The van der Waals surface area contributed by atoms with E-state index in [0.29, 0.717) is 28.2 Å². The average Bonchev–Trinajstić information content (AvgIpc) is 3.13. The van der Waals surface area contributed by atoms with Gasteiger partial charge in [0.25, 0.3) is 5.91 Å². The van der Waals surface area contributed by atoms with Crippen molar-refractivity contribution in [3.63, 3.8) is 0 Å². The quantitative estimate of drug-likeness (QED) is 0.532. The summed E-state index contributed by atoms with van der Waals surface area (Å²) in [5, 5.41) is 2.72.